The van der Waals surface area contributed by atoms with Gasteiger partial charge in [0.15, 0.2) is 0 Å². The highest BCUT2D eigenvalue weighted by atomic mass is 32.1. The van der Waals surface area contributed by atoms with Crippen LogP contribution in [-0.4, -0.2) is 11.9 Å². The Hall–Kier alpha value is -1.03. The molecular weight excluding hydrogens is 256 g/mol. The Kier molecular flexibility index (Phi) is 4.86. The number of nitrogens with two attached hydrogens (primary N) is 1. The van der Waals surface area contributed by atoms with E-state index < -0.39 is 0 Å². The molecule has 0 radical (unpaired) electrons. The van der Waals surface area contributed by atoms with Gasteiger partial charge < -0.3 is 11.1 Å². The normalized spacial score (nSPS) is 23.3. The summed E-state index contributed by atoms with van der Waals surface area (Å²) in [5.74, 6) is 0.918. The quantitative estimate of drug-likeness (QED) is 0.883. The van der Waals surface area contributed by atoms with E-state index in [9.17, 15) is 4.79 Å². The molecule has 4 heteroatoms. The Labute approximate surface area is 119 Å². The lowest BCUT2D eigenvalue weighted by Crippen LogP contribution is -2.37. The van der Waals surface area contributed by atoms with Crippen molar-refractivity contribution in [3.8, 4) is 0 Å². The molecule has 19 heavy (non-hydrogen) atoms. The minimum Gasteiger partial charge on any atom is -0.398 e. The molecule has 1 aromatic rings. The third-order valence-corrected chi connectivity index (χ3v) is 5.12. The first-order chi connectivity index (χ1) is 9.10. The third-order valence-electron chi connectivity index (χ3n) is 4.06. The molecule has 1 fully saturated rings. The summed E-state index contributed by atoms with van der Waals surface area (Å²) in [4.78, 5) is 13.9. The number of nitrogens with one attached hydrogen (secondary N) is 1. The Bertz CT molecular complexity index is 414. The lowest BCUT2D eigenvalue weighted by Gasteiger charge is -2.28. The van der Waals surface area contributed by atoms with Crippen LogP contribution in [0.1, 0.15) is 60.0 Å². The number of rotatable bonds is 4. The van der Waals surface area contributed by atoms with Crippen molar-refractivity contribution in [2.45, 2.75) is 58.4 Å². The highest BCUT2D eigenvalue weighted by Crippen LogP contribution is 2.28. The second-order valence-electron chi connectivity index (χ2n) is 5.60. The van der Waals surface area contributed by atoms with Crippen molar-refractivity contribution in [3.05, 3.63) is 15.8 Å². The molecule has 0 saturated heterocycles. The second-order valence-corrected chi connectivity index (χ2v) is 6.86. The molecule has 0 spiro atoms. The summed E-state index contributed by atoms with van der Waals surface area (Å²) in [5.41, 5.74) is 6.52. The Balaban J connectivity index is 1.84. The van der Waals surface area contributed by atoms with Crippen molar-refractivity contribution in [2.24, 2.45) is 5.92 Å². The van der Waals surface area contributed by atoms with Crippen LogP contribution in [-0.2, 0) is 0 Å². The van der Waals surface area contributed by atoms with E-state index in [2.05, 4.69) is 12.2 Å². The largest absolute Gasteiger partial charge is 0.398 e. The maximum absolute atomic E-state index is 12.1. The zero-order chi connectivity index (χ0) is 13.8. The molecule has 1 saturated carbocycles. The lowest BCUT2D eigenvalue weighted by atomic mass is 9.83. The number of aryl methyl sites for hydroxylation is 1. The SMILES string of the molecule is CCCC1CCC(NC(=O)c2cc(N)c(C)s2)CC1. The molecule has 0 bridgehead atoms. The van der Waals surface area contributed by atoms with Gasteiger partial charge in [0, 0.05) is 16.6 Å². The molecule has 0 aliphatic heterocycles. The summed E-state index contributed by atoms with van der Waals surface area (Å²) in [6, 6.07) is 2.14. The predicted octanol–water partition coefficient (Wildman–Crippen LogP) is 3.73. The van der Waals surface area contributed by atoms with Crippen LogP contribution in [0, 0.1) is 12.8 Å². The molecule has 1 aliphatic carbocycles. The number of carbonyl (C=O) groups excluding carboxylic acids is 1. The minimum absolute atomic E-state index is 0.0451. The monoisotopic (exact) mass is 280 g/mol. The molecule has 1 amide bonds. The summed E-state index contributed by atoms with van der Waals surface area (Å²) in [6.07, 6.45) is 7.36. The van der Waals surface area contributed by atoms with Crippen LogP contribution in [0.25, 0.3) is 0 Å². The van der Waals surface area contributed by atoms with E-state index in [1.54, 1.807) is 6.07 Å². The van der Waals surface area contributed by atoms with Crippen LogP contribution in [0.4, 0.5) is 5.69 Å². The number of amides is 1. The maximum atomic E-state index is 12.1. The first kappa shape index (κ1) is 14.4. The Morgan fingerprint density at radius 2 is 2.11 bits per heavy atom. The van der Waals surface area contributed by atoms with Gasteiger partial charge in [-0.1, -0.05) is 19.8 Å². The minimum atomic E-state index is 0.0451. The molecular formula is C15H24N2OS. The fourth-order valence-corrected chi connectivity index (χ4v) is 3.71. The van der Waals surface area contributed by atoms with Gasteiger partial charge in [-0.05, 0) is 44.6 Å². The van der Waals surface area contributed by atoms with Crippen LogP contribution in [0.2, 0.25) is 0 Å². The van der Waals surface area contributed by atoms with E-state index in [4.69, 9.17) is 5.73 Å². The van der Waals surface area contributed by atoms with Crippen molar-refractivity contribution < 1.29 is 4.79 Å². The first-order valence-corrected chi connectivity index (χ1v) is 8.08. The predicted molar refractivity (Wildman–Crippen MR) is 81.6 cm³/mol. The number of hydrogen-bond acceptors (Lipinski definition) is 3. The van der Waals surface area contributed by atoms with Crippen LogP contribution in [0.15, 0.2) is 6.07 Å². The topological polar surface area (TPSA) is 55.1 Å². The number of anilines is 1. The standard InChI is InChI=1S/C15H24N2OS/c1-3-4-11-5-7-12(8-6-11)17-15(18)14-9-13(16)10(2)19-14/h9,11-12H,3-8,16H2,1-2H3,(H,17,18). The molecule has 1 aromatic heterocycles. The van der Waals surface area contributed by atoms with E-state index in [0.717, 1.165) is 34.2 Å². The second kappa shape index (κ2) is 6.42. The fraction of sp³-hybridized carbons (Fsp3) is 0.667. The summed E-state index contributed by atoms with van der Waals surface area (Å²) >= 11 is 1.48. The van der Waals surface area contributed by atoms with Crippen molar-refractivity contribution in [1.29, 1.82) is 0 Å². The number of nitrogen functional groups attached to an aromatic ring is 1. The molecule has 0 aromatic carbocycles. The molecule has 0 unspecified atom stereocenters. The average Bonchev–Trinajstić information content (AvgIpc) is 2.72. The van der Waals surface area contributed by atoms with Crippen molar-refractivity contribution in [2.75, 3.05) is 5.73 Å². The first-order valence-electron chi connectivity index (χ1n) is 7.27. The van der Waals surface area contributed by atoms with E-state index in [1.165, 1.54) is 37.0 Å². The van der Waals surface area contributed by atoms with Crippen LogP contribution < -0.4 is 11.1 Å². The van der Waals surface area contributed by atoms with Gasteiger partial charge in [0.05, 0.1) is 4.88 Å². The fourth-order valence-electron chi connectivity index (χ4n) is 2.87. The Morgan fingerprint density at radius 3 is 2.63 bits per heavy atom. The molecule has 3 nitrogen and oxygen atoms in total. The zero-order valence-corrected chi connectivity index (χ0v) is 12.7. The van der Waals surface area contributed by atoms with E-state index >= 15 is 0 Å². The highest BCUT2D eigenvalue weighted by molar-refractivity contribution is 7.14. The van der Waals surface area contributed by atoms with Gasteiger partial charge in [-0.15, -0.1) is 11.3 Å². The number of thiophene rings is 1. The van der Waals surface area contributed by atoms with Gasteiger partial charge in [0.2, 0.25) is 0 Å². The molecule has 3 N–H and O–H groups in total. The van der Waals surface area contributed by atoms with Crippen molar-refractivity contribution in [1.82, 2.24) is 5.32 Å². The van der Waals surface area contributed by atoms with Crippen LogP contribution in [0.3, 0.4) is 0 Å². The Morgan fingerprint density at radius 1 is 1.42 bits per heavy atom. The molecule has 1 aliphatic rings. The molecule has 1 heterocycles. The summed E-state index contributed by atoms with van der Waals surface area (Å²) in [7, 11) is 0. The molecule has 2 rings (SSSR count). The van der Waals surface area contributed by atoms with Crippen LogP contribution >= 0.6 is 11.3 Å². The average molecular weight is 280 g/mol. The van der Waals surface area contributed by atoms with Crippen LogP contribution in [0.5, 0.6) is 0 Å². The summed E-state index contributed by atoms with van der Waals surface area (Å²) < 4.78 is 0. The highest BCUT2D eigenvalue weighted by Gasteiger charge is 2.22. The van der Waals surface area contributed by atoms with Gasteiger partial charge in [-0.3, -0.25) is 4.79 Å². The molecule has 0 atom stereocenters. The van der Waals surface area contributed by atoms with Crippen molar-refractivity contribution >= 4 is 22.9 Å². The van der Waals surface area contributed by atoms with E-state index in [1.807, 2.05) is 6.92 Å². The number of hydrogen-bond donors (Lipinski definition) is 2. The smallest absolute Gasteiger partial charge is 0.261 e. The van der Waals surface area contributed by atoms with Gasteiger partial charge in [-0.25, -0.2) is 0 Å². The third kappa shape index (κ3) is 3.72. The van der Waals surface area contributed by atoms with E-state index in [-0.39, 0.29) is 5.91 Å². The lowest BCUT2D eigenvalue weighted by molar-refractivity contribution is 0.0925. The maximum Gasteiger partial charge on any atom is 0.261 e. The number of carbonyl (C=O) groups is 1. The van der Waals surface area contributed by atoms with Gasteiger partial charge >= 0.3 is 0 Å². The van der Waals surface area contributed by atoms with Gasteiger partial charge in [-0.2, -0.15) is 0 Å². The summed E-state index contributed by atoms with van der Waals surface area (Å²) in [6.45, 7) is 4.20. The van der Waals surface area contributed by atoms with Crippen molar-refractivity contribution in [3.63, 3.8) is 0 Å². The van der Waals surface area contributed by atoms with E-state index in [0.29, 0.717) is 6.04 Å². The zero-order valence-electron chi connectivity index (χ0n) is 11.9. The van der Waals surface area contributed by atoms with Gasteiger partial charge in [0.25, 0.3) is 5.91 Å². The summed E-state index contributed by atoms with van der Waals surface area (Å²) in [5, 5.41) is 3.15. The van der Waals surface area contributed by atoms with Gasteiger partial charge in [0.1, 0.15) is 0 Å². The molecule has 106 valence electrons.